The summed E-state index contributed by atoms with van der Waals surface area (Å²) >= 11 is 14.3. The van der Waals surface area contributed by atoms with Gasteiger partial charge in [-0.25, -0.2) is 9.97 Å². The lowest BCUT2D eigenvalue weighted by molar-refractivity contribution is -0.119. The van der Waals surface area contributed by atoms with Gasteiger partial charge >= 0.3 is 0 Å². The molecule has 2 aliphatic rings. The van der Waals surface area contributed by atoms with E-state index in [-0.39, 0.29) is 24.1 Å². The minimum absolute atomic E-state index is 0.0907. The summed E-state index contributed by atoms with van der Waals surface area (Å²) < 4.78 is 7.20. The van der Waals surface area contributed by atoms with Crippen LogP contribution in [0, 0.1) is 11.8 Å². The highest BCUT2D eigenvalue weighted by molar-refractivity contribution is 6.39. The number of nitrogens with zero attached hydrogens (tertiary/aromatic N) is 3. The van der Waals surface area contributed by atoms with Gasteiger partial charge < -0.3 is 25.8 Å². The van der Waals surface area contributed by atoms with Gasteiger partial charge in [0.1, 0.15) is 5.65 Å². The highest BCUT2D eigenvalue weighted by Gasteiger charge is 2.35. The maximum Gasteiger partial charge on any atom is 0.262 e. The zero-order valence-electron chi connectivity index (χ0n) is 27.6. The second kappa shape index (κ2) is 14.9. The van der Waals surface area contributed by atoms with Crippen LogP contribution in [0.2, 0.25) is 10.0 Å². The quantitative estimate of drug-likeness (QED) is 0.126. The molecule has 2 aromatic carbocycles. The molecule has 1 saturated heterocycles. The SMILES string of the molecule is COc1nc(-c2cccc(-c3cccc(-c4nc5ccccn5c(=O)c4CNC[C@H]4C[C@H]4CO)c3Cl)c2Cl)ccc1CNC[C@@H]1CCC(=O)N1. The number of pyridine rings is 2. The van der Waals surface area contributed by atoms with E-state index < -0.39 is 0 Å². The number of halogens is 2. The first-order valence-corrected chi connectivity index (χ1v) is 17.6. The highest BCUT2D eigenvalue weighted by atomic mass is 35.5. The van der Waals surface area contributed by atoms with Crippen molar-refractivity contribution in [3.8, 4) is 39.5 Å². The molecule has 4 N–H and O–H groups in total. The monoisotopic (exact) mass is 712 g/mol. The molecule has 0 bridgehead atoms. The molecule has 10 nitrogen and oxygen atoms in total. The molecule has 1 aliphatic carbocycles. The molecule has 1 aliphatic heterocycles. The van der Waals surface area contributed by atoms with Crippen LogP contribution in [0.25, 0.3) is 39.3 Å². The van der Waals surface area contributed by atoms with E-state index in [1.807, 2.05) is 54.6 Å². The molecule has 7 rings (SSSR count). The van der Waals surface area contributed by atoms with Gasteiger partial charge in [-0.15, -0.1) is 0 Å². The number of aromatic nitrogens is 3. The third-order valence-corrected chi connectivity index (χ3v) is 10.4. The zero-order chi connectivity index (χ0) is 34.8. The van der Waals surface area contributed by atoms with E-state index in [1.165, 1.54) is 0 Å². The number of hydrogen-bond donors (Lipinski definition) is 4. The molecule has 2 fully saturated rings. The molecular weight excluding hydrogens is 675 g/mol. The Balaban J connectivity index is 1.19. The van der Waals surface area contributed by atoms with Crippen LogP contribution in [0.3, 0.4) is 0 Å². The largest absolute Gasteiger partial charge is 0.481 e. The average molecular weight is 714 g/mol. The van der Waals surface area contributed by atoms with Gasteiger partial charge in [-0.3, -0.25) is 14.0 Å². The molecular formula is C38H38Cl2N6O4. The number of ether oxygens (including phenoxy) is 1. The van der Waals surface area contributed by atoms with Crippen LogP contribution in [-0.2, 0) is 17.9 Å². The Morgan fingerprint density at radius 1 is 0.880 bits per heavy atom. The normalized spacial score (nSPS) is 18.4. The summed E-state index contributed by atoms with van der Waals surface area (Å²) in [6, 6.07) is 20.8. The molecule has 0 radical (unpaired) electrons. The fourth-order valence-corrected chi connectivity index (χ4v) is 7.32. The molecule has 3 aromatic heterocycles. The van der Waals surface area contributed by atoms with Gasteiger partial charge in [0.05, 0.1) is 34.1 Å². The van der Waals surface area contributed by atoms with Gasteiger partial charge in [-0.1, -0.05) is 71.7 Å². The summed E-state index contributed by atoms with van der Waals surface area (Å²) in [4.78, 5) is 35.1. The van der Waals surface area contributed by atoms with Crippen molar-refractivity contribution in [1.82, 2.24) is 30.3 Å². The summed E-state index contributed by atoms with van der Waals surface area (Å²) in [5.74, 6) is 1.28. The number of hydrogen-bond acceptors (Lipinski definition) is 8. The number of amides is 1. The van der Waals surface area contributed by atoms with E-state index in [9.17, 15) is 14.7 Å². The predicted molar refractivity (Wildman–Crippen MR) is 195 cm³/mol. The lowest BCUT2D eigenvalue weighted by Crippen LogP contribution is -2.35. The number of rotatable bonds is 13. The van der Waals surface area contributed by atoms with Gasteiger partial charge in [-0.05, 0) is 49.4 Å². The standard InChI is InChI=1S/C38H38Cl2N6O4/c1-50-37-22(17-41-19-25-12-14-33(48)43-25)11-13-31(44-37)28-8-4-6-26(34(28)39)27-7-5-9-29(35(27)40)36-30(20-42-18-23-16-24(23)21-47)38(49)46-15-3-2-10-32(46)45-36/h2-11,13,15,23-25,41-42,47H,12,14,16-21H2,1H3,(H,43,48)/t23-,24+,25+/m1/s1. The number of methoxy groups -OCH3 is 1. The molecule has 4 heterocycles. The van der Waals surface area contributed by atoms with Crippen molar-refractivity contribution in [3.05, 3.63) is 104 Å². The van der Waals surface area contributed by atoms with Crippen molar-refractivity contribution in [2.45, 2.75) is 38.4 Å². The lowest BCUT2D eigenvalue weighted by Gasteiger charge is -2.17. The van der Waals surface area contributed by atoms with Gasteiger partial charge in [0.2, 0.25) is 11.8 Å². The molecule has 0 unspecified atom stereocenters. The van der Waals surface area contributed by atoms with Gasteiger partial charge in [0, 0.05) is 72.7 Å². The Kier molecular flexibility index (Phi) is 10.2. The van der Waals surface area contributed by atoms with E-state index in [0.717, 1.165) is 18.4 Å². The van der Waals surface area contributed by atoms with Crippen molar-refractivity contribution in [1.29, 1.82) is 0 Å². The Hall–Kier alpha value is -4.32. The van der Waals surface area contributed by atoms with Crippen LogP contribution < -0.4 is 26.2 Å². The third kappa shape index (κ3) is 6.99. The predicted octanol–water partition coefficient (Wildman–Crippen LogP) is 5.49. The van der Waals surface area contributed by atoms with Crippen LogP contribution in [0.4, 0.5) is 0 Å². The van der Waals surface area contributed by atoms with Crippen LogP contribution in [-0.4, -0.2) is 58.2 Å². The maximum absolute atomic E-state index is 13.8. The smallest absolute Gasteiger partial charge is 0.262 e. The average Bonchev–Trinajstić information content (AvgIpc) is 3.78. The van der Waals surface area contributed by atoms with Gasteiger partial charge in [-0.2, -0.15) is 0 Å². The third-order valence-electron chi connectivity index (χ3n) is 9.58. The molecule has 5 aromatic rings. The maximum atomic E-state index is 13.8. The Morgan fingerprint density at radius 2 is 1.62 bits per heavy atom. The minimum Gasteiger partial charge on any atom is -0.481 e. The van der Waals surface area contributed by atoms with E-state index >= 15 is 0 Å². The molecule has 0 spiro atoms. The van der Waals surface area contributed by atoms with Gasteiger partial charge in [0.15, 0.2) is 0 Å². The fraction of sp³-hybridized carbons (Fsp3) is 0.316. The lowest BCUT2D eigenvalue weighted by atomic mass is 9.97. The number of aliphatic hydroxyl groups is 1. The highest BCUT2D eigenvalue weighted by Crippen LogP contribution is 2.42. The van der Waals surface area contributed by atoms with E-state index in [4.69, 9.17) is 37.9 Å². The number of nitrogens with one attached hydrogen (secondary N) is 3. The summed E-state index contributed by atoms with van der Waals surface area (Å²) in [6.45, 7) is 2.39. The second-order valence-electron chi connectivity index (χ2n) is 12.9. The second-order valence-corrected chi connectivity index (χ2v) is 13.6. The van der Waals surface area contributed by atoms with Crippen molar-refractivity contribution in [2.24, 2.45) is 11.8 Å². The Labute approximate surface area is 299 Å². The van der Waals surface area contributed by atoms with Crippen molar-refractivity contribution < 1.29 is 14.6 Å². The number of aliphatic hydroxyl groups excluding tert-OH is 1. The summed E-state index contributed by atoms with van der Waals surface area (Å²) in [6.07, 6.45) is 4.08. The van der Waals surface area contributed by atoms with E-state index in [0.29, 0.717) is 105 Å². The Morgan fingerprint density at radius 3 is 2.34 bits per heavy atom. The molecule has 1 amide bonds. The zero-order valence-corrected chi connectivity index (χ0v) is 29.1. The van der Waals surface area contributed by atoms with Crippen molar-refractivity contribution >= 4 is 34.8 Å². The minimum atomic E-state index is -0.168. The Bertz CT molecular complexity index is 2120. The topological polar surface area (TPSA) is 130 Å². The first-order valence-electron chi connectivity index (χ1n) is 16.8. The number of carbonyl (C=O) groups is 1. The van der Waals surface area contributed by atoms with Crippen LogP contribution in [0.15, 0.2) is 77.7 Å². The molecule has 1 saturated carbocycles. The number of fused-ring (bicyclic) bond motifs is 1. The molecule has 258 valence electrons. The van der Waals surface area contributed by atoms with Crippen molar-refractivity contribution in [2.75, 3.05) is 26.8 Å². The van der Waals surface area contributed by atoms with E-state index in [2.05, 4.69) is 16.0 Å². The van der Waals surface area contributed by atoms with E-state index in [1.54, 1.807) is 29.8 Å². The summed E-state index contributed by atoms with van der Waals surface area (Å²) in [5.41, 5.74) is 5.64. The van der Waals surface area contributed by atoms with Gasteiger partial charge in [0.25, 0.3) is 5.56 Å². The van der Waals surface area contributed by atoms with Crippen LogP contribution in [0.1, 0.15) is 30.4 Å². The first-order chi connectivity index (χ1) is 24.4. The van der Waals surface area contributed by atoms with Crippen LogP contribution in [0.5, 0.6) is 5.88 Å². The molecule has 3 atom stereocenters. The first kappa shape index (κ1) is 34.1. The number of carbonyl (C=O) groups excluding carboxylic acids is 1. The fourth-order valence-electron chi connectivity index (χ4n) is 6.68. The molecule has 50 heavy (non-hydrogen) atoms. The summed E-state index contributed by atoms with van der Waals surface area (Å²) in [7, 11) is 1.59. The van der Waals surface area contributed by atoms with Crippen molar-refractivity contribution in [3.63, 3.8) is 0 Å². The van der Waals surface area contributed by atoms with Crippen LogP contribution >= 0.6 is 23.2 Å². The number of benzene rings is 2. The molecule has 12 heteroatoms. The summed E-state index contributed by atoms with van der Waals surface area (Å²) in [5, 5.41) is 20.1.